The quantitative estimate of drug-likeness (QED) is 0.797. The standard InChI is InChI=1S/C16H24BNO3/c1-16(2,3)21-17(4)14-7-5-13(6-8-14)15(19)18-9-11-20-12-10-18/h5-8H,9-12H2,1-4H3. The molecule has 0 bridgehead atoms. The fourth-order valence-electron chi connectivity index (χ4n) is 2.44. The van der Waals surface area contributed by atoms with Crippen molar-refractivity contribution < 1.29 is 14.2 Å². The van der Waals surface area contributed by atoms with Crippen LogP contribution in [0, 0.1) is 0 Å². The van der Waals surface area contributed by atoms with Crippen LogP contribution in [-0.4, -0.2) is 49.6 Å². The van der Waals surface area contributed by atoms with E-state index in [0.717, 1.165) is 11.0 Å². The molecule has 1 amide bonds. The topological polar surface area (TPSA) is 38.8 Å². The first-order chi connectivity index (χ1) is 9.87. The summed E-state index contributed by atoms with van der Waals surface area (Å²) in [4.78, 5) is 14.2. The van der Waals surface area contributed by atoms with Crippen LogP contribution in [0.25, 0.3) is 0 Å². The van der Waals surface area contributed by atoms with Gasteiger partial charge in [-0.2, -0.15) is 0 Å². The van der Waals surface area contributed by atoms with E-state index in [0.29, 0.717) is 26.3 Å². The Kier molecular flexibility index (Phi) is 5.06. The summed E-state index contributed by atoms with van der Waals surface area (Å²) in [6, 6.07) is 7.72. The first kappa shape index (κ1) is 16.1. The second-order valence-electron chi connectivity index (χ2n) is 6.40. The third-order valence-corrected chi connectivity index (χ3v) is 3.46. The first-order valence-electron chi connectivity index (χ1n) is 7.51. The molecule has 1 aliphatic heterocycles. The minimum atomic E-state index is -0.179. The number of carbonyl (C=O) groups excluding carboxylic acids is 1. The van der Waals surface area contributed by atoms with E-state index in [1.54, 1.807) is 0 Å². The number of morpholine rings is 1. The lowest BCUT2D eigenvalue weighted by molar-refractivity contribution is 0.0303. The highest BCUT2D eigenvalue weighted by Gasteiger charge is 2.22. The fraction of sp³-hybridized carbons (Fsp3) is 0.562. The maximum absolute atomic E-state index is 12.3. The summed E-state index contributed by atoms with van der Waals surface area (Å²) in [6.45, 7) is 10.8. The van der Waals surface area contributed by atoms with Crippen molar-refractivity contribution in [1.82, 2.24) is 4.90 Å². The van der Waals surface area contributed by atoms with Crippen LogP contribution >= 0.6 is 0 Å². The Morgan fingerprint density at radius 3 is 2.29 bits per heavy atom. The predicted molar refractivity (Wildman–Crippen MR) is 85.3 cm³/mol. The van der Waals surface area contributed by atoms with Gasteiger partial charge in [-0.3, -0.25) is 4.79 Å². The normalized spacial score (nSPS) is 15.9. The van der Waals surface area contributed by atoms with Gasteiger partial charge in [0.1, 0.15) is 0 Å². The van der Waals surface area contributed by atoms with E-state index in [4.69, 9.17) is 9.39 Å². The number of nitrogens with zero attached hydrogens (tertiary/aromatic N) is 1. The van der Waals surface area contributed by atoms with Gasteiger partial charge in [0.25, 0.3) is 5.91 Å². The molecule has 0 atom stereocenters. The molecule has 114 valence electrons. The van der Waals surface area contributed by atoms with Crippen molar-refractivity contribution in [2.45, 2.75) is 33.2 Å². The molecule has 1 fully saturated rings. The Balaban J connectivity index is 2.02. The second kappa shape index (κ2) is 6.63. The van der Waals surface area contributed by atoms with Crippen molar-refractivity contribution in [3.63, 3.8) is 0 Å². The van der Waals surface area contributed by atoms with E-state index in [9.17, 15) is 4.79 Å². The van der Waals surface area contributed by atoms with Crippen molar-refractivity contribution in [2.24, 2.45) is 0 Å². The zero-order valence-corrected chi connectivity index (χ0v) is 13.4. The molecule has 0 spiro atoms. The van der Waals surface area contributed by atoms with Crippen LogP contribution in [0.2, 0.25) is 6.82 Å². The van der Waals surface area contributed by atoms with Crippen LogP contribution in [0.1, 0.15) is 31.1 Å². The van der Waals surface area contributed by atoms with Gasteiger partial charge in [0, 0.05) is 24.3 Å². The van der Waals surface area contributed by atoms with Crippen LogP contribution < -0.4 is 5.46 Å². The summed E-state index contributed by atoms with van der Waals surface area (Å²) >= 11 is 0. The maximum Gasteiger partial charge on any atom is 0.324 e. The van der Waals surface area contributed by atoms with Crippen molar-refractivity contribution in [3.05, 3.63) is 29.8 Å². The molecule has 1 aliphatic rings. The minimum absolute atomic E-state index is 0.0116. The van der Waals surface area contributed by atoms with E-state index in [2.05, 4.69) is 0 Å². The minimum Gasteiger partial charge on any atom is -0.427 e. The number of carbonyl (C=O) groups is 1. The number of ether oxygens (including phenoxy) is 1. The van der Waals surface area contributed by atoms with E-state index in [1.807, 2.05) is 56.8 Å². The molecule has 1 heterocycles. The second-order valence-corrected chi connectivity index (χ2v) is 6.40. The Morgan fingerprint density at radius 1 is 1.19 bits per heavy atom. The molecule has 1 aromatic rings. The van der Waals surface area contributed by atoms with Gasteiger partial charge >= 0.3 is 6.92 Å². The molecule has 2 rings (SSSR count). The van der Waals surface area contributed by atoms with Crippen LogP contribution in [0.5, 0.6) is 0 Å². The Hall–Kier alpha value is -1.33. The van der Waals surface area contributed by atoms with E-state index < -0.39 is 0 Å². The average molecular weight is 289 g/mol. The van der Waals surface area contributed by atoms with Crippen molar-refractivity contribution in [2.75, 3.05) is 26.3 Å². The van der Waals surface area contributed by atoms with E-state index in [1.165, 1.54) is 0 Å². The number of rotatable bonds is 3. The lowest BCUT2D eigenvalue weighted by Gasteiger charge is -2.27. The zero-order chi connectivity index (χ0) is 15.5. The summed E-state index contributed by atoms with van der Waals surface area (Å²) in [5, 5.41) is 0. The SMILES string of the molecule is CB(OC(C)(C)C)c1ccc(C(=O)N2CCOCC2)cc1. The van der Waals surface area contributed by atoms with Crippen LogP contribution in [0.4, 0.5) is 0 Å². The van der Waals surface area contributed by atoms with Crippen molar-refractivity contribution in [1.29, 1.82) is 0 Å². The molecule has 1 aromatic carbocycles. The number of hydrogen-bond acceptors (Lipinski definition) is 3. The summed E-state index contributed by atoms with van der Waals surface area (Å²) in [5.41, 5.74) is 1.63. The van der Waals surface area contributed by atoms with Gasteiger partial charge in [-0.1, -0.05) is 19.0 Å². The summed E-state index contributed by atoms with van der Waals surface area (Å²) in [7, 11) is 0. The highest BCUT2D eigenvalue weighted by atomic mass is 16.5. The summed E-state index contributed by atoms with van der Waals surface area (Å²) in [5.74, 6) is 0.0780. The van der Waals surface area contributed by atoms with E-state index in [-0.39, 0.29) is 18.4 Å². The van der Waals surface area contributed by atoms with Gasteiger partial charge in [-0.05, 0) is 38.4 Å². The maximum atomic E-state index is 12.3. The van der Waals surface area contributed by atoms with Gasteiger partial charge in [-0.25, -0.2) is 0 Å². The fourth-order valence-corrected chi connectivity index (χ4v) is 2.44. The van der Waals surface area contributed by atoms with Crippen LogP contribution in [0.3, 0.4) is 0 Å². The average Bonchev–Trinajstić information content (AvgIpc) is 2.46. The summed E-state index contributed by atoms with van der Waals surface area (Å²) < 4.78 is 11.2. The van der Waals surface area contributed by atoms with Crippen LogP contribution in [0.15, 0.2) is 24.3 Å². The third kappa shape index (κ3) is 4.58. The lowest BCUT2D eigenvalue weighted by atomic mass is 9.63. The molecular formula is C16H24BNO3. The van der Waals surface area contributed by atoms with Crippen molar-refractivity contribution in [3.8, 4) is 0 Å². The molecule has 4 nitrogen and oxygen atoms in total. The molecule has 0 radical (unpaired) electrons. The predicted octanol–water partition coefficient (Wildman–Crippen LogP) is 1.80. The highest BCUT2D eigenvalue weighted by Crippen LogP contribution is 2.10. The molecule has 0 aromatic heterocycles. The monoisotopic (exact) mass is 289 g/mol. The largest absolute Gasteiger partial charge is 0.427 e. The van der Waals surface area contributed by atoms with Gasteiger partial charge < -0.3 is 14.3 Å². The molecule has 21 heavy (non-hydrogen) atoms. The third-order valence-electron chi connectivity index (χ3n) is 3.46. The molecule has 0 aliphatic carbocycles. The Labute approximate surface area is 127 Å². The zero-order valence-electron chi connectivity index (χ0n) is 13.4. The van der Waals surface area contributed by atoms with Gasteiger partial charge in [-0.15, -0.1) is 0 Å². The molecule has 0 unspecified atom stereocenters. The van der Waals surface area contributed by atoms with Gasteiger partial charge in [0.2, 0.25) is 0 Å². The number of hydrogen-bond donors (Lipinski definition) is 0. The van der Waals surface area contributed by atoms with E-state index >= 15 is 0 Å². The molecule has 0 N–H and O–H groups in total. The first-order valence-corrected chi connectivity index (χ1v) is 7.51. The van der Waals surface area contributed by atoms with Gasteiger partial charge in [0.05, 0.1) is 13.2 Å². The lowest BCUT2D eigenvalue weighted by Crippen LogP contribution is -2.41. The Morgan fingerprint density at radius 2 is 1.76 bits per heavy atom. The number of amides is 1. The smallest absolute Gasteiger partial charge is 0.324 e. The molecule has 5 heteroatoms. The molecular weight excluding hydrogens is 265 g/mol. The molecule has 0 saturated carbocycles. The van der Waals surface area contributed by atoms with Gasteiger partial charge in [0.15, 0.2) is 0 Å². The highest BCUT2D eigenvalue weighted by molar-refractivity contribution is 6.66. The number of benzene rings is 1. The Bertz CT molecular complexity index is 475. The van der Waals surface area contributed by atoms with Crippen LogP contribution in [-0.2, 0) is 9.39 Å². The van der Waals surface area contributed by atoms with Crippen molar-refractivity contribution >= 4 is 18.3 Å². The molecule has 1 saturated heterocycles. The summed E-state index contributed by atoms with van der Waals surface area (Å²) in [6.07, 6.45) is 0.